The summed E-state index contributed by atoms with van der Waals surface area (Å²) in [6, 6.07) is 3.73. The summed E-state index contributed by atoms with van der Waals surface area (Å²) >= 11 is 0. The van der Waals surface area contributed by atoms with Gasteiger partial charge in [0.15, 0.2) is 5.58 Å². The molecule has 0 saturated carbocycles. The van der Waals surface area contributed by atoms with Crippen molar-refractivity contribution >= 4 is 28.4 Å². The van der Waals surface area contributed by atoms with E-state index in [0.29, 0.717) is 0 Å². The number of aromatic amines is 1. The van der Waals surface area contributed by atoms with E-state index in [1.54, 1.807) is 0 Å². The molecular formula is C12H7N5O5. The van der Waals surface area contributed by atoms with Crippen LogP contribution in [-0.2, 0) is 0 Å². The summed E-state index contributed by atoms with van der Waals surface area (Å²) in [7, 11) is 0. The lowest BCUT2D eigenvalue weighted by atomic mass is 10.2. The zero-order chi connectivity index (χ0) is 15.7. The highest BCUT2D eigenvalue weighted by Crippen LogP contribution is 2.29. The van der Waals surface area contributed by atoms with Crippen molar-refractivity contribution in [2.75, 3.05) is 5.32 Å². The number of oxazole rings is 1. The smallest absolute Gasteiger partial charge is 0.408 e. The summed E-state index contributed by atoms with van der Waals surface area (Å²) in [6.07, 6.45) is 2.54. The number of carbonyl (C=O) groups is 1. The lowest BCUT2D eigenvalue weighted by molar-refractivity contribution is -0.383. The third kappa shape index (κ3) is 2.40. The van der Waals surface area contributed by atoms with E-state index >= 15 is 0 Å². The normalized spacial score (nSPS) is 10.5. The number of carbonyl (C=O) groups excluding carboxylic acids is 1. The quantitative estimate of drug-likeness (QED) is 0.543. The van der Waals surface area contributed by atoms with Crippen LogP contribution in [0.2, 0.25) is 0 Å². The van der Waals surface area contributed by atoms with Gasteiger partial charge in [-0.05, 0) is 12.1 Å². The molecule has 3 aromatic rings. The third-order valence-electron chi connectivity index (χ3n) is 2.83. The number of fused-ring (bicyclic) bond motifs is 1. The van der Waals surface area contributed by atoms with Gasteiger partial charge in [-0.3, -0.25) is 19.9 Å². The van der Waals surface area contributed by atoms with Crippen LogP contribution in [0.5, 0.6) is 0 Å². The zero-order valence-electron chi connectivity index (χ0n) is 10.8. The van der Waals surface area contributed by atoms with Crippen molar-refractivity contribution in [3.63, 3.8) is 0 Å². The lowest BCUT2D eigenvalue weighted by Crippen LogP contribution is -2.13. The molecule has 3 rings (SSSR count). The second-order valence-electron chi connectivity index (χ2n) is 4.22. The minimum absolute atomic E-state index is 0.0280. The summed E-state index contributed by atoms with van der Waals surface area (Å²) in [5.41, 5.74) is -0.0221. The highest BCUT2D eigenvalue weighted by atomic mass is 16.6. The van der Waals surface area contributed by atoms with Crippen molar-refractivity contribution in [2.45, 2.75) is 0 Å². The van der Waals surface area contributed by atoms with Crippen LogP contribution in [0.4, 0.5) is 11.4 Å². The van der Waals surface area contributed by atoms with Crippen LogP contribution < -0.4 is 11.1 Å². The van der Waals surface area contributed by atoms with Gasteiger partial charge in [-0.15, -0.1) is 0 Å². The minimum atomic E-state index is -0.744. The molecule has 2 aromatic heterocycles. The van der Waals surface area contributed by atoms with Crippen molar-refractivity contribution in [1.82, 2.24) is 15.2 Å². The summed E-state index contributed by atoms with van der Waals surface area (Å²) in [5.74, 6) is -1.34. The van der Waals surface area contributed by atoms with E-state index in [1.165, 1.54) is 24.5 Å². The molecule has 1 aromatic carbocycles. The fraction of sp³-hybridized carbons (Fsp3) is 0. The second-order valence-corrected chi connectivity index (χ2v) is 4.22. The Labute approximate surface area is 120 Å². The van der Waals surface area contributed by atoms with Crippen LogP contribution in [0.25, 0.3) is 11.1 Å². The number of hydrogen-bond donors (Lipinski definition) is 2. The Bertz CT molecular complexity index is 930. The predicted octanol–water partition coefficient (Wildman–Crippen LogP) is 1.07. The molecule has 0 spiro atoms. The molecule has 0 saturated heterocycles. The van der Waals surface area contributed by atoms with Gasteiger partial charge in [0, 0.05) is 0 Å². The van der Waals surface area contributed by atoms with E-state index < -0.39 is 22.3 Å². The predicted molar refractivity (Wildman–Crippen MR) is 73.5 cm³/mol. The average Bonchev–Trinajstić information content (AvgIpc) is 2.86. The number of anilines is 1. The van der Waals surface area contributed by atoms with E-state index in [-0.39, 0.29) is 22.4 Å². The van der Waals surface area contributed by atoms with Gasteiger partial charge in [-0.25, -0.2) is 4.79 Å². The van der Waals surface area contributed by atoms with Crippen LogP contribution in [-0.4, -0.2) is 26.0 Å². The average molecular weight is 301 g/mol. The van der Waals surface area contributed by atoms with Gasteiger partial charge in [0.1, 0.15) is 5.69 Å². The van der Waals surface area contributed by atoms with E-state index in [2.05, 4.69) is 20.5 Å². The first-order valence-corrected chi connectivity index (χ1v) is 5.94. The lowest BCUT2D eigenvalue weighted by Gasteiger charge is -2.05. The first-order valence-electron chi connectivity index (χ1n) is 5.94. The van der Waals surface area contributed by atoms with Crippen LogP contribution in [0, 0.1) is 10.1 Å². The molecule has 2 heterocycles. The zero-order valence-corrected chi connectivity index (χ0v) is 10.8. The summed E-state index contributed by atoms with van der Waals surface area (Å²) < 4.78 is 4.76. The monoisotopic (exact) mass is 301 g/mol. The Morgan fingerprint density at radius 2 is 2.18 bits per heavy atom. The van der Waals surface area contributed by atoms with Gasteiger partial charge in [-0.2, -0.15) is 10.2 Å². The fourth-order valence-corrected chi connectivity index (χ4v) is 1.86. The van der Waals surface area contributed by atoms with Gasteiger partial charge in [-0.1, -0.05) is 0 Å². The van der Waals surface area contributed by atoms with E-state index in [0.717, 1.165) is 6.07 Å². The number of nitro groups is 1. The number of rotatable bonds is 3. The number of H-pyrrole nitrogens is 1. The van der Waals surface area contributed by atoms with Gasteiger partial charge < -0.3 is 9.73 Å². The Balaban J connectivity index is 2.05. The maximum atomic E-state index is 12.0. The molecule has 0 fully saturated rings. The van der Waals surface area contributed by atoms with Gasteiger partial charge >= 0.3 is 5.76 Å². The molecule has 110 valence electrons. The molecule has 10 heteroatoms. The summed E-state index contributed by atoms with van der Waals surface area (Å²) in [5, 5.41) is 20.6. The summed E-state index contributed by atoms with van der Waals surface area (Å²) in [4.78, 5) is 35.9. The molecule has 22 heavy (non-hydrogen) atoms. The molecule has 2 N–H and O–H groups in total. The first-order chi connectivity index (χ1) is 10.5. The van der Waals surface area contributed by atoms with Crippen molar-refractivity contribution in [1.29, 1.82) is 0 Å². The molecular weight excluding hydrogens is 294 g/mol. The van der Waals surface area contributed by atoms with Crippen LogP contribution in [0.1, 0.15) is 10.4 Å². The number of benzene rings is 1. The van der Waals surface area contributed by atoms with E-state index in [1.807, 2.05) is 0 Å². The van der Waals surface area contributed by atoms with E-state index in [9.17, 15) is 19.7 Å². The SMILES string of the molecule is O=C(Nc1cc2[nH]c(=O)oc2cc1[N+](=O)[O-])c1ccnnc1. The number of hydrogen-bond acceptors (Lipinski definition) is 7. The largest absolute Gasteiger partial charge is 0.417 e. The molecule has 0 unspecified atom stereocenters. The molecule has 0 aliphatic carbocycles. The topological polar surface area (TPSA) is 144 Å². The fourth-order valence-electron chi connectivity index (χ4n) is 1.86. The van der Waals surface area contributed by atoms with Crippen molar-refractivity contribution < 1.29 is 14.1 Å². The maximum Gasteiger partial charge on any atom is 0.417 e. The second kappa shape index (κ2) is 5.09. The van der Waals surface area contributed by atoms with Gasteiger partial charge in [0.05, 0.1) is 34.5 Å². The minimum Gasteiger partial charge on any atom is -0.408 e. The number of amides is 1. The number of nitrogens with zero attached hydrogens (tertiary/aromatic N) is 3. The van der Waals surface area contributed by atoms with Crippen LogP contribution in [0.3, 0.4) is 0 Å². The Hall–Kier alpha value is -3.56. The molecule has 0 aliphatic heterocycles. The van der Waals surface area contributed by atoms with Gasteiger partial charge in [0.2, 0.25) is 0 Å². The van der Waals surface area contributed by atoms with Crippen LogP contribution in [0.15, 0.2) is 39.8 Å². The number of nitro benzene ring substituents is 1. The Kier molecular flexibility index (Phi) is 3.10. The van der Waals surface area contributed by atoms with E-state index in [4.69, 9.17) is 4.42 Å². The maximum absolute atomic E-state index is 12.0. The number of aromatic nitrogens is 3. The molecule has 1 amide bonds. The first kappa shape index (κ1) is 13.4. The highest BCUT2D eigenvalue weighted by molar-refractivity contribution is 6.06. The number of nitrogens with one attached hydrogen (secondary N) is 2. The Morgan fingerprint density at radius 1 is 1.36 bits per heavy atom. The molecule has 0 bridgehead atoms. The van der Waals surface area contributed by atoms with Crippen molar-refractivity contribution in [2.24, 2.45) is 0 Å². The van der Waals surface area contributed by atoms with Crippen molar-refractivity contribution in [3.8, 4) is 0 Å². The molecule has 10 nitrogen and oxygen atoms in total. The molecule has 0 aliphatic rings. The highest BCUT2D eigenvalue weighted by Gasteiger charge is 2.20. The van der Waals surface area contributed by atoms with Crippen molar-refractivity contribution in [3.05, 3.63) is 56.8 Å². The third-order valence-corrected chi connectivity index (χ3v) is 2.83. The van der Waals surface area contributed by atoms with Crippen LogP contribution >= 0.6 is 0 Å². The molecule has 0 atom stereocenters. The summed E-state index contributed by atoms with van der Waals surface area (Å²) in [6.45, 7) is 0. The standard InChI is InChI=1S/C12H7N5O5/c18-11(6-1-2-13-14-5-6)15-7-3-8-10(22-12(19)16-8)4-9(7)17(20)21/h1-5H,(H,15,18)(H,16,19). The van der Waals surface area contributed by atoms with Gasteiger partial charge in [0.25, 0.3) is 11.6 Å². The molecule has 0 radical (unpaired) electrons. The Morgan fingerprint density at radius 3 is 2.86 bits per heavy atom.